The zero-order valence-corrected chi connectivity index (χ0v) is 8.60. The Morgan fingerprint density at radius 3 is 2.79 bits per heavy atom. The van der Waals surface area contributed by atoms with Gasteiger partial charge in [0, 0.05) is 17.8 Å². The maximum absolute atomic E-state index is 3.40. The number of benzene rings is 1. The molecule has 0 radical (unpaired) electrons. The van der Waals surface area contributed by atoms with E-state index in [1.165, 1.54) is 22.9 Å². The van der Waals surface area contributed by atoms with Crippen molar-refractivity contribution in [2.24, 2.45) is 0 Å². The highest BCUT2D eigenvalue weighted by atomic mass is 35.5. The Kier molecular flexibility index (Phi) is 2.48. The minimum absolute atomic E-state index is 0. The van der Waals surface area contributed by atoms with Crippen molar-refractivity contribution in [2.75, 3.05) is 6.54 Å². The Labute approximate surface area is 89.1 Å². The summed E-state index contributed by atoms with van der Waals surface area (Å²) in [6.45, 7) is 1.16. The molecule has 2 aromatic rings. The standard InChI is InChI=1S/C11H12N2.ClH/c1-2-9(10-4-6-12-10)7-11-8(1)3-5-13-11;/h1-3,5,7,10,12-13H,4,6H2;1H/t10-;/m1./s1. The molecule has 0 amide bonds. The lowest BCUT2D eigenvalue weighted by atomic mass is 9.97. The number of hydrogen-bond donors (Lipinski definition) is 2. The number of halogens is 1. The normalized spacial score (nSPS) is 20.1. The van der Waals surface area contributed by atoms with Crippen LogP contribution in [0.15, 0.2) is 30.5 Å². The molecule has 74 valence electrons. The monoisotopic (exact) mass is 208 g/mol. The molecule has 1 aliphatic rings. The largest absolute Gasteiger partial charge is 0.361 e. The molecule has 0 aliphatic carbocycles. The summed E-state index contributed by atoms with van der Waals surface area (Å²) in [7, 11) is 0. The quantitative estimate of drug-likeness (QED) is 0.741. The third-order valence-electron chi connectivity index (χ3n) is 2.81. The van der Waals surface area contributed by atoms with E-state index in [1.54, 1.807) is 0 Å². The van der Waals surface area contributed by atoms with Gasteiger partial charge in [0.05, 0.1) is 0 Å². The van der Waals surface area contributed by atoms with Crippen LogP contribution in [-0.4, -0.2) is 11.5 Å². The first-order valence-electron chi connectivity index (χ1n) is 4.74. The molecule has 1 aromatic heterocycles. The molecule has 1 fully saturated rings. The molecule has 0 saturated carbocycles. The van der Waals surface area contributed by atoms with Crippen LogP contribution in [0, 0.1) is 0 Å². The molecule has 0 bridgehead atoms. The van der Waals surface area contributed by atoms with Crippen molar-refractivity contribution in [2.45, 2.75) is 12.5 Å². The van der Waals surface area contributed by atoms with Crippen LogP contribution in [0.1, 0.15) is 18.0 Å². The highest BCUT2D eigenvalue weighted by Gasteiger charge is 2.18. The Morgan fingerprint density at radius 2 is 2.07 bits per heavy atom. The molecule has 2 N–H and O–H groups in total. The summed E-state index contributed by atoms with van der Waals surface area (Å²) in [6.07, 6.45) is 3.26. The number of H-pyrrole nitrogens is 1. The molecule has 1 aromatic carbocycles. The zero-order chi connectivity index (χ0) is 8.67. The van der Waals surface area contributed by atoms with Gasteiger partial charge in [-0.1, -0.05) is 12.1 Å². The van der Waals surface area contributed by atoms with Crippen LogP contribution in [-0.2, 0) is 0 Å². The number of hydrogen-bond acceptors (Lipinski definition) is 1. The number of aromatic amines is 1. The first kappa shape index (κ1) is 9.56. The van der Waals surface area contributed by atoms with Gasteiger partial charge >= 0.3 is 0 Å². The fourth-order valence-corrected chi connectivity index (χ4v) is 1.86. The Balaban J connectivity index is 0.000000750. The predicted octanol–water partition coefficient (Wildman–Crippen LogP) is 2.62. The highest BCUT2D eigenvalue weighted by Crippen LogP contribution is 2.25. The van der Waals surface area contributed by atoms with Crippen molar-refractivity contribution in [3.63, 3.8) is 0 Å². The van der Waals surface area contributed by atoms with E-state index in [-0.39, 0.29) is 12.4 Å². The number of aromatic nitrogens is 1. The third kappa shape index (κ3) is 1.41. The second-order valence-corrected chi connectivity index (χ2v) is 3.62. The lowest BCUT2D eigenvalue weighted by molar-refractivity contribution is 0.383. The van der Waals surface area contributed by atoms with Crippen LogP contribution >= 0.6 is 12.4 Å². The van der Waals surface area contributed by atoms with Crippen LogP contribution in [0.3, 0.4) is 0 Å². The first-order chi connectivity index (χ1) is 6.43. The Hall–Kier alpha value is -0.990. The van der Waals surface area contributed by atoms with Crippen molar-refractivity contribution in [1.29, 1.82) is 0 Å². The van der Waals surface area contributed by atoms with Crippen LogP contribution in [0.4, 0.5) is 0 Å². The minimum atomic E-state index is 0. The molecule has 2 heterocycles. The third-order valence-corrected chi connectivity index (χ3v) is 2.81. The molecule has 3 heteroatoms. The van der Waals surface area contributed by atoms with Crippen LogP contribution in [0.5, 0.6) is 0 Å². The van der Waals surface area contributed by atoms with Gasteiger partial charge in [0.25, 0.3) is 0 Å². The second-order valence-electron chi connectivity index (χ2n) is 3.62. The maximum atomic E-state index is 3.40. The summed E-state index contributed by atoms with van der Waals surface area (Å²) < 4.78 is 0. The molecular formula is C11H13ClN2. The molecule has 2 nitrogen and oxygen atoms in total. The molecule has 0 spiro atoms. The van der Waals surface area contributed by atoms with Crippen molar-refractivity contribution < 1.29 is 0 Å². The Bertz CT molecular complexity index is 432. The molecule has 14 heavy (non-hydrogen) atoms. The van der Waals surface area contributed by atoms with E-state index in [4.69, 9.17) is 0 Å². The van der Waals surface area contributed by atoms with E-state index in [2.05, 4.69) is 34.6 Å². The number of nitrogens with one attached hydrogen (secondary N) is 2. The van der Waals surface area contributed by atoms with Crippen LogP contribution in [0.25, 0.3) is 10.9 Å². The molecule has 3 rings (SSSR count). The van der Waals surface area contributed by atoms with E-state index < -0.39 is 0 Å². The van der Waals surface area contributed by atoms with Gasteiger partial charge in [-0.15, -0.1) is 12.4 Å². The topological polar surface area (TPSA) is 27.8 Å². The second kappa shape index (κ2) is 3.64. The smallest absolute Gasteiger partial charge is 0.0457 e. The molecule has 1 saturated heterocycles. The van der Waals surface area contributed by atoms with E-state index in [1.807, 2.05) is 6.20 Å². The molecule has 0 unspecified atom stereocenters. The van der Waals surface area contributed by atoms with Crippen molar-refractivity contribution in [3.05, 3.63) is 36.0 Å². The lowest BCUT2D eigenvalue weighted by Crippen LogP contribution is -2.34. The summed E-state index contributed by atoms with van der Waals surface area (Å²) in [5.41, 5.74) is 2.65. The summed E-state index contributed by atoms with van der Waals surface area (Å²) in [5.74, 6) is 0. The maximum Gasteiger partial charge on any atom is 0.0457 e. The molecule has 1 aliphatic heterocycles. The Morgan fingerprint density at radius 1 is 1.21 bits per heavy atom. The van der Waals surface area contributed by atoms with Crippen molar-refractivity contribution in [3.8, 4) is 0 Å². The molecule has 1 atom stereocenters. The minimum Gasteiger partial charge on any atom is -0.361 e. The van der Waals surface area contributed by atoms with Crippen molar-refractivity contribution >= 4 is 23.3 Å². The van der Waals surface area contributed by atoms with E-state index in [0.717, 1.165) is 6.54 Å². The summed E-state index contributed by atoms with van der Waals surface area (Å²) in [5, 5.41) is 4.70. The van der Waals surface area contributed by atoms with Gasteiger partial charge in [0.15, 0.2) is 0 Å². The lowest BCUT2D eigenvalue weighted by Gasteiger charge is -2.27. The number of fused-ring (bicyclic) bond motifs is 1. The van der Waals surface area contributed by atoms with Gasteiger partial charge in [0.1, 0.15) is 0 Å². The van der Waals surface area contributed by atoms with Gasteiger partial charge in [0.2, 0.25) is 0 Å². The van der Waals surface area contributed by atoms with Gasteiger partial charge in [-0.3, -0.25) is 0 Å². The first-order valence-corrected chi connectivity index (χ1v) is 4.74. The fraction of sp³-hybridized carbons (Fsp3) is 0.273. The predicted molar refractivity (Wildman–Crippen MR) is 60.9 cm³/mol. The summed E-state index contributed by atoms with van der Waals surface area (Å²) in [6, 6.07) is 9.33. The van der Waals surface area contributed by atoms with Gasteiger partial charge in [-0.25, -0.2) is 0 Å². The van der Waals surface area contributed by atoms with E-state index >= 15 is 0 Å². The number of rotatable bonds is 1. The average Bonchev–Trinajstić information content (AvgIpc) is 2.47. The summed E-state index contributed by atoms with van der Waals surface area (Å²) in [4.78, 5) is 3.24. The van der Waals surface area contributed by atoms with Gasteiger partial charge < -0.3 is 10.3 Å². The van der Waals surface area contributed by atoms with Gasteiger partial charge in [-0.05, 0) is 36.0 Å². The summed E-state index contributed by atoms with van der Waals surface area (Å²) >= 11 is 0. The van der Waals surface area contributed by atoms with Crippen LogP contribution < -0.4 is 5.32 Å². The highest BCUT2D eigenvalue weighted by molar-refractivity contribution is 5.85. The van der Waals surface area contributed by atoms with E-state index in [9.17, 15) is 0 Å². The van der Waals surface area contributed by atoms with Gasteiger partial charge in [-0.2, -0.15) is 0 Å². The van der Waals surface area contributed by atoms with Crippen molar-refractivity contribution in [1.82, 2.24) is 10.3 Å². The van der Waals surface area contributed by atoms with Crippen LogP contribution in [0.2, 0.25) is 0 Å². The zero-order valence-electron chi connectivity index (χ0n) is 7.79. The SMILES string of the molecule is Cl.c1cc2ccc([C@H]3CCN3)cc2[nH]1. The average molecular weight is 209 g/mol. The fourth-order valence-electron chi connectivity index (χ4n) is 1.86. The molecular weight excluding hydrogens is 196 g/mol. The van der Waals surface area contributed by atoms with E-state index in [0.29, 0.717) is 6.04 Å².